The summed E-state index contributed by atoms with van der Waals surface area (Å²) in [4.78, 5) is 54.4. The molecule has 2 heterocycles. The van der Waals surface area contributed by atoms with Crippen molar-refractivity contribution in [1.82, 2.24) is 0 Å². The molecule has 0 spiro atoms. The topological polar surface area (TPSA) is 183 Å². The summed E-state index contributed by atoms with van der Waals surface area (Å²) >= 11 is 0. The van der Waals surface area contributed by atoms with E-state index < -0.39 is 53.7 Å². The van der Waals surface area contributed by atoms with E-state index in [0.29, 0.717) is 21.5 Å². The zero-order valence-corrected chi connectivity index (χ0v) is 28.1. The van der Waals surface area contributed by atoms with Crippen LogP contribution in [-0.4, -0.2) is 49.6 Å². The van der Waals surface area contributed by atoms with Gasteiger partial charge in [-0.15, -0.1) is 0 Å². The molecule has 14 heteroatoms. The van der Waals surface area contributed by atoms with Crippen LogP contribution in [0.15, 0.2) is 119 Å². The largest absolute Gasteiger partial charge is 0.295 e. The van der Waals surface area contributed by atoms with Crippen molar-refractivity contribution in [3.63, 3.8) is 0 Å². The standard InChI is InChI=1S/C38H22N2O10S2/c41-35-27-9-1-5-23-6-2-10-28(33(23)27)36(42)39(35)25-17-15-21(31(19-25)51(45,46)47)13-14-22-16-18-26(20-32(22)52(48,49)50)40-37(43)29-11-3-7-24-8-4-12-30(34(24)29)38(40)44/h1-20H,(H,45,46,47)(H,48,49,50). The Morgan fingerprint density at radius 3 is 1.04 bits per heavy atom. The SMILES string of the molecule is O=C1c2cccc3cccc(c23)C(=O)N1c1ccc(C=Cc2ccc(N3C(=O)c4cccc5cccc(c45)C3=O)cc2S(=O)(=O)O)c(S(=O)(=O)O)c1. The van der Waals surface area contributed by atoms with Gasteiger partial charge in [-0.1, -0.05) is 72.8 Å². The van der Waals surface area contributed by atoms with Crippen LogP contribution in [0.4, 0.5) is 11.4 Å². The van der Waals surface area contributed by atoms with E-state index in [1.807, 2.05) is 0 Å². The van der Waals surface area contributed by atoms with Gasteiger partial charge in [0.2, 0.25) is 0 Å². The average Bonchev–Trinajstić information content (AvgIpc) is 3.11. The summed E-state index contributed by atoms with van der Waals surface area (Å²) in [6, 6.07) is 26.7. The summed E-state index contributed by atoms with van der Waals surface area (Å²) in [5, 5.41) is 2.26. The number of rotatable bonds is 6. The lowest BCUT2D eigenvalue weighted by atomic mass is 9.93. The molecule has 256 valence electrons. The first-order chi connectivity index (χ1) is 24.7. The molecule has 0 unspecified atom stereocenters. The Labute approximate surface area is 295 Å². The van der Waals surface area contributed by atoms with Gasteiger partial charge in [-0.3, -0.25) is 28.3 Å². The van der Waals surface area contributed by atoms with Crippen molar-refractivity contribution in [2.24, 2.45) is 0 Å². The molecule has 0 bridgehead atoms. The molecule has 2 aliphatic heterocycles. The van der Waals surface area contributed by atoms with Crippen molar-refractivity contribution < 1.29 is 45.1 Å². The van der Waals surface area contributed by atoms with Gasteiger partial charge >= 0.3 is 0 Å². The molecule has 4 amide bonds. The Balaban J connectivity index is 1.18. The van der Waals surface area contributed by atoms with Crippen molar-refractivity contribution in [1.29, 1.82) is 0 Å². The number of imide groups is 2. The number of benzene rings is 6. The molecule has 0 saturated heterocycles. The van der Waals surface area contributed by atoms with E-state index in [2.05, 4.69) is 0 Å². The molecule has 6 aromatic rings. The van der Waals surface area contributed by atoms with Gasteiger partial charge in [0.05, 0.1) is 11.4 Å². The molecule has 2 aliphatic rings. The minimum Gasteiger partial charge on any atom is -0.282 e. The maximum absolute atomic E-state index is 13.5. The zero-order chi connectivity index (χ0) is 36.7. The van der Waals surface area contributed by atoms with Crippen LogP contribution in [0.2, 0.25) is 0 Å². The van der Waals surface area contributed by atoms with Crippen LogP contribution >= 0.6 is 0 Å². The highest BCUT2D eigenvalue weighted by Gasteiger charge is 2.36. The van der Waals surface area contributed by atoms with E-state index >= 15 is 0 Å². The lowest BCUT2D eigenvalue weighted by Crippen LogP contribution is -2.40. The highest BCUT2D eigenvalue weighted by atomic mass is 32.2. The number of nitrogens with zero attached hydrogens (tertiary/aromatic N) is 2. The van der Waals surface area contributed by atoms with Crippen LogP contribution in [0.3, 0.4) is 0 Å². The number of carbonyl (C=O) groups excluding carboxylic acids is 4. The molecule has 0 fully saturated rings. The van der Waals surface area contributed by atoms with E-state index in [-0.39, 0.29) is 44.8 Å². The fourth-order valence-electron chi connectivity index (χ4n) is 6.76. The number of hydrogen-bond acceptors (Lipinski definition) is 8. The van der Waals surface area contributed by atoms with Gasteiger partial charge in [-0.05, 0) is 70.4 Å². The van der Waals surface area contributed by atoms with E-state index in [0.717, 1.165) is 34.1 Å². The summed E-state index contributed by atoms with van der Waals surface area (Å²) in [5.74, 6) is -2.82. The molecule has 0 aromatic heterocycles. The predicted octanol–water partition coefficient (Wildman–Crippen LogP) is 6.26. The lowest BCUT2D eigenvalue weighted by Gasteiger charge is -2.27. The summed E-state index contributed by atoms with van der Waals surface area (Å²) < 4.78 is 70.8. The van der Waals surface area contributed by atoms with Gasteiger partial charge in [0.15, 0.2) is 0 Å². The van der Waals surface area contributed by atoms with Crippen LogP contribution < -0.4 is 9.80 Å². The molecule has 0 atom stereocenters. The van der Waals surface area contributed by atoms with Gasteiger partial charge in [-0.25, -0.2) is 9.80 Å². The van der Waals surface area contributed by atoms with Crippen molar-refractivity contribution in [3.8, 4) is 0 Å². The Morgan fingerprint density at radius 2 is 0.750 bits per heavy atom. The molecular weight excluding hydrogens is 709 g/mol. The Bertz CT molecular complexity index is 2600. The molecule has 8 rings (SSSR count). The molecule has 52 heavy (non-hydrogen) atoms. The third-order valence-corrected chi connectivity index (χ3v) is 10.9. The van der Waals surface area contributed by atoms with E-state index in [9.17, 15) is 45.1 Å². The van der Waals surface area contributed by atoms with Crippen molar-refractivity contribution in [3.05, 3.63) is 143 Å². The van der Waals surface area contributed by atoms with Crippen LogP contribution in [-0.2, 0) is 20.2 Å². The molecule has 6 aromatic carbocycles. The van der Waals surface area contributed by atoms with Gasteiger partial charge in [0.25, 0.3) is 43.9 Å². The predicted molar refractivity (Wildman–Crippen MR) is 192 cm³/mol. The average molecular weight is 731 g/mol. The second-order valence-corrected chi connectivity index (χ2v) is 14.8. The Morgan fingerprint density at radius 1 is 0.442 bits per heavy atom. The minimum atomic E-state index is -5.00. The number of carbonyl (C=O) groups is 4. The second-order valence-electron chi connectivity index (χ2n) is 12.0. The molecule has 2 N–H and O–H groups in total. The van der Waals surface area contributed by atoms with Gasteiger partial charge < -0.3 is 0 Å². The Kier molecular flexibility index (Phi) is 7.34. The first-order valence-electron chi connectivity index (χ1n) is 15.5. The van der Waals surface area contributed by atoms with Crippen molar-refractivity contribution in [2.45, 2.75) is 9.79 Å². The summed E-state index contributed by atoms with van der Waals surface area (Å²) in [6.07, 6.45) is 2.28. The highest BCUT2D eigenvalue weighted by molar-refractivity contribution is 7.86. The van der Waals surface area contributed by atoms with Crippen LogP contribution in [0.25, 0.3) is 33.7 Å². The minimum absolute atomic E-state index is 0.151. The maximum Gasteiger partial charge on any atom is 0.295 e. The summed E-state index contributed by atoms with van der Waals surface area (Å²) in [5.41, 5.74) is 0.260. The normalized spacial score (nSPS) is 14.7. The second kappa shape index (κ2) is 11.6. The number of hydrogen-bond donors (Lipinski definition) is 2. The Hall–Kier alpha value is -6.32. The fraction of sp³-hybridized carbons (Fsp3) is 0. The molecule has 0 saturated carbocycles. The monoisotopic (exact) mass is 730 g/mol. The zero-order valence-electron chi connectivity index (χ0n) is 26.4. The fourth-order valence-corrected chi connectivity index (χ4v) is 8.16. The first-order valence-corrected chi connectivity index (χ1v) is 18.3. The van der Waals surface area contributed by atoms with Gasteiger partial charge in [0.1, 0.15) is 9.79 Å². The lowest BCUT2D eigenvalue weighted by molar-refractivity contribution is 0.0877. The highest BCUT2D eigenvalue weighted by Crippen LogP contribution is 2.37. The third kappa shape index (κ3) is 5.12. The van der Waals surface area contributed by atoms with Crippen molar-refractivity contribution >= 4 is 88.9 Å². The van der Waals surface area contributed by atoms with Crippen LogP contribution in [0.1, 0.15) is 52.6 Å². The van der Waals surface area contributed by atoms with Crippen molar-refractivity contribution in [2.75, 3.05) is 9.80 Å². The van der Waals surface area contributed by atoms with Crippen LogP contribution in [0.5, 0.6) is 0 Å². The summed E-state index contributed by atoms with van der Waals surface area (Å²) in [7, 11) is -9.99. The molecular formula is C38H22N2O10S2. The first kappa shape index (κ1) is 32.9. The quantitative estimate of drug-likeness (QED) is 0.113. The smallest absolute Gasteiger partial charge is 0.282 e. The molecule has 12 nitrogen and oxygen atoms in total. The van der Waals surface area contributed by atoms with E-state index in [1.54, 1.807) is 72.8 Å². The summed E-state index contributed by atoms with van der Waals surface area (Å²) in [6.45, 7) is 0. The molecule has 0 aliphatic carbocycles. The third-order valence-electron chi connectivity index (χ3n) is 9.05. The number of anilines is 2. The number of amides is 4. The molecule has 0 radical (unpaired) electrons. The van der Waals surface area contributed by atoms with Gasteiger partial charge in [0, 0.05) is 33.0 Å². The van der Waals surface area contributed by atoms with Gasteiger partial charge in [-0.2, -0.15) is 16.8 Å². The van der Waals surface area contributed by atoms with E-state index in [1.165, 1.54) is 24.3 Å². The van der Waals surface area contributed by atoms with E-state index in [4.69, 9.17) is 0 Å². The van der Waals surface area contributed by atoms with Crippen LogP contribution in [0, 0.1) is 0 Å². The maximum atomic E-state index is 13.5.